The number of carbonyl (C=O) groups excluding carboxylic acids is 1. The zero-order valence-electron chi connectivity index (χ0n) is 8.54. The predicted molar refractivity (Wildman–Crippen MR) is 77.6 cm³/mol. The molecule has 1 aromatic rings. The summed E-state index contributed by atoms with van der Waals surface area (Å²) in [6.45, 7) is 1.76. The smallest absolute Gasteiger partial charge is 0.264 e. The van der Waals surface area contributed by atoms with Gasteiger partial charge in [-0.1, -0.05) is 0 Å². The molecular formula is C10H11Br2NOS2. The first-order chi connectivity index (χ1) is 7.68. The van der Waals surface area contributed by atoms with E-state index in [2.05, 4.69) is 31.9 Å². The minimum atomic E-state index is 0.166. The molecule has 1 aromatic heterocycles. The lowest BCUT2D eigenvalue weighted by molar-refractivity contribution is 0.0773. The van der Waals surface area contributed by atoms with Gasteiger partial charge >= 0.3 is 0 Å². The quantitative estimate of drug-likeness (QED) is 0.732. The summed E-state index contributed by atoms with van der Waals surface area (Å²) in [5.41, 5.74) is 0. The molecule has 0 unspecified atom stereocenters. The van der Waals surface area contributed by atoms with Crippen molar-refractivity contribution in [1.82, 2.24) is 4.90 Å². The summed E-state index contributed by atoms with van der Waals surface area (Å²) >= 11 is 10.3. The van der Waals surface area contributed by atoms with Crippen LogP contribution in [0.2, 0.25) is 0 Å². The Morgan fingerprint density at radius 2 is 2.12 bits per heavy atom. The highest BCUT2D eigenvalue weighted by molar-refractivity contribution is 9.13. The molecule has 1 aliphatic heterocycles. The van der Waals surface area contributed by atoms with Crippen LogP contribution in [0.1, 0.15) is 16.1 Å². The number of halogens is 2. The molecule has 0 aromatic carbocycles. The van der Waals surface area contributed by atoms with Crippen molar-refractivity contribution in [2.75, 3.05) is 24.6 Å². The average Bonchev–Trinajstić information content (AvgIpc) is 2.51. The van der Waals surface area contributed by atoms with E-state index in [0.717, 1.165) is 38.4 Å². The van der Waals surface area contributed by atoms with Gasteiger partial charge in [-0.15, -0.1) is 11.3 Å². The summed E-state index contributed by atoms with van der Waals surface area (Å²) in [6.07, 6.45) is 1.10. The van der Waals surface area contributed by atoms with Crippen molar-refractivity contribution in [1.29, 1.82) is 0 Å². The number of nitrogens with zero attached hydrogens (tertiary/aromatic N) is 1. The molecule has 0 saturated carbocycles. The molecule has 16 heavy (non-hydrogen) atoms. The topological polar surface area (TPSA) is 20.3 Å². The molecule has 0 aliphatic carbocycles. The van der Waals surface area contributed by atoms with Gasteiger partial charge in [-0.3, -0.25) is 4.79 Å². The van der Waals surface area contributed by atoms with Gasteiger partial charge in [0.05, 0.1) is 8.66 Å². The Bertz CT molecular complexity index is 367. The number of rotatable bonds is 1. The fraction of sp³-hybridized carbons (Fsp3) is 0.500. The predicted octanol–water partition coefficient (Wildman–Crippen LogP) is 3.85. The third-order valence-electron chi connectivity index (χ3n) is 2.37. The van der Waals surface area contributed by atoms with Crippen molar-refractivity contribution < 1.29 is 4.79 Å². The van der Waals surface area contributed by atoms with Crippen molar-refractivity contribution >= 4 is 60.9 Å². The Labute approximate surface area is 120 Å². The number of carbonyl (C=O) groups is 1. The fourth-order valence-electron chi connectivity index (χ4n) is 1.56. The Morgan fingerprint density at radius 3 is 2.81 bits per heavy atom. The Hall–Kier alpha value is 0.480. The van der Waals surface area contributed by atoms with Gasteiger partial charge in [-0.25, -0.2) is 0 Å². The first kappa shape index (κ1) is 12.9. The van der Waals surface area contributed by atoms with Crippen LogP contribution in [0.4, 0.5) is 0 Å². The van der Waals surface area contributed by atoms with E-state index in [-0.39, 0.29) is 5.91 Å². The Morgan fingerprint density at radius 1 is 1.31 bits per heavy atom. The summed E-state index contributed by atoms with van der Waals surface area (Å²) in [5, 5.41) is 0. The molecular weight excluding hydrogens is 374 g/mol. The minimum absolute atomic E-state index is 0.166. The normalized spacial score (nSPS) is 17.2. The molecule has 1 saturated heterocycles. The number of hydrogen-bond acceptors (Lipinski definition) is 3. The second-order valence-electron chi connectivity index (χ2n) is 3.49. The van der Waals surface area contributed by atoms with Crippen molar-refractivity contribution in [3.8, 4) is 0 Å². The number of hydrogen-bond donors (Lipinski definition) is 0. The van der Waals surface area contributed by atoms with Gasteiger partial charge < -0.3 is 4.90 Å². The van der Waals surface area contributed by atoms with Crippen LogP contribution in [0, 0.1) is 0 Å². The molecule has 1 fully saturated rings. The van der Waals surface area contributed by atoms with Crippen molar-refractivity contribution in [3.05, 3.63) is 19.2 Å². The van der Waals surface area contributed by atoms with Crippen molar-refractivity contribution in [2.45, 2.75) is 6.42 Å². The van der Waals surface area contributed by atoms with Crippen molar-refractivity contribution in [2.24, 2.45) is 0 Å². The number of thioether (sulfide) groups is 1. The lowest BCUT2D eigenvalue weighted by atomic mass is 10.3. The van der Waals surface area contributed by atoms with E-state index in [9.17, 15) is 4.79 Å². The molecule has 0 spiro atoms. The van der Waals surface area contributed by atoms with Gasteiger partial charge in [0.15, 0.2) is 0 Å². The van der Waals surface area contributed by atoms with E-state index < -0.39 is 0 Å². The number of thiophene rings is 1. The molecule has 2 nitrogen and oxygen atoms in total. The monoisotopic (exact) mass is 383 g/mol. The van der Waals surface area contributed by atoms with Crippen LogP contribution in [-0.2, 0) is 0 Å². The third-order valence-corrected chi connectivity index (χ3v) is 6.66. The molecule has 1 amide bonds. The molecule has 2 heterocycles. The summed E-state index contributed by atoms with van der Waals surface area (Å²) in [5.74, 6) is 2.39. The van der Waals surface area contributed by atoms with Gasteiger partial charge in [0.2, 0.25) is 0 Å². The van der Waals surface area contributed by atoms with Gasteiger partial charge in [0, 0.05) is 23.3 Å². The Kier molecular flexibility index (Phi) is 4.76. The van der Waals surface area contributed by atoms with Crippen molar-refractivity contribution in [3.63, 3.8) is 0 Å². The van der Waals surface area contributed by atoms with E-state index in [0.29, 0.717) is 0 Å². The standard InChI is InChI=1S/C10H11Br2NOS2/c11-7-6-8(16-9(7)12)10(14)13-2-1-4-15-5-3-13/h6H,1-5H2. The lowest BCUT2D eigenvalue weighted by Gasteiger charge is -2.18. The van der Waals surface area contributed by atoms with Gasteiger partial charge in [0.1, 0.15) is 0 Å². The summed E-state index contributed by atoms with van der Waals surface area (Å²) in [7, 11) is 0. The first-order valence-electron chi connectivity index (χ1n) is 5.00. The van der Waals surface area contributed by atoms with E-state index in [1.807, 2.05) is 22.7 Å². The van der Waals surface area contributed by atoms with Crippen LogP contribution in [0.25, 0.3) is 0 Å². The van der Waals surface area contributed by atoms with Crippen LogP contribution in [0.15, 0.2) is 14.3 Å². The highest BCUT2D eigenvalue weighted by Crippen LogP contribution is 2.33. The zero-order valence-corrected chi connectivity index (χ0v) is 13.3. The van der Waals surface area contributed by atoms with Gasteiger partial charge in [-0.05, 0) is 50.1 Å². The van der Waals surface area contributed by atoms with Crippen LogP contribution < -0.4 is 0 Å². The van der Waals surface area contributed by atoms with E-state index in [1.165, 1.54) is 17.1 Å². The summed E-state index contributed by atoms with van der Waals surface area (Å²) in [6, 6.07) is 1.90. The molecule has 0 bridgehead atoms. The molecule has 0 atom stereocenters. The second kappa shape index (κ2) is 5.89. The van der Waals surface area contributed by atoms with Crippen LogP contribution in [0.5, 0.6) is 0 Å². The highest BCUT2D eigenvalue weighted by atomic mass is 79.9. The molecule has 6 heteroatoms. The molecule has 2 rings (SSSR count). The fourth-order valence-corrected chi connectivity index (χ4v) is 4.45. The maximum atomic E-state index is 12.2. The Balaban J connectivity index is 2.11. The number of amides is 1. The highest BCUT2D eigenvalue weighted by Gasteiger charge is 2.20. The molecule has 0 radical (unpaired) electrons. The summed E-state index contributed by atoms with van der Waals surface area (Å²) < 4.78 is 1.95. The first-order valence-corrected chi connectivity index (χ1v) is 8.56. The van der Waals surface area contributed by atoms with Crippen LogP contribution in [0.3, 0.4) is 0 Å². The van der Waals surface area contributed by atoms with E-state index in [4.69, 9.17) is 0 Å². The second-order valence-corrected chi connectivity index (χ2v) is 7.94. The van der Waals surface area contributed by atoms with Crippen LogP contribution in [-0.4, -0.2) is 35.4 Å². The average molecular weight is 385 g/mol. The van der Waals surface area contributed by atoms with Gasteiger partial charge in [0.25, 0.3) is 5.91 Å². The molecule has 1 aliphatic rings. The summed E-state index contributed by atoms with van der Waals surface area (Å²) in [4.78, 5) is 15.0. The molecule has 0 N–H and O–H groups in total. The van der Waals surface area contributed by atoms with E-state index in [1.54, 1.807) is 0 Å². The maximum absolute atomic E-state index is 12.2. The van der Waals surface area contributed by atoms with Crippen LogP contribution >= 0.6 is 55.0 Å². The third kappa shape index (κ3) is 3.03. The maximum Gasteiger partial charge on any atom is 0.264 e. The minimum Gasteiger partial charge on any atom is -0.337 e. The van der Waals surface area contributed by atoms with Gasteiger partial charge in [-0.2, -0.15) is 11.8 Å². The molecule has 88 valence electrons. The largest absolute Gasteiger partial charge is 0.337 e. The zero-order chi connectivity index (χ0) is 11.5. The SMILES string of the molecule is O=C(c1cc(Br)c(Br)s1)N1CCCSCC1. The lowest BCUT2D eigenvalue weighted by Crippen LogP contribution is -2.32. The van der Waals surface area contributed by atoms with E-state index >= 15 is 0 Å².